The van der Waals surface area contributed by atoms with Gasteiger partial charge in [-0.05, 0) is 49.2 Å². The van der Waals surface area contributed by atoms with Crippen molar-refractivity contribution in [3.63, 3.8) is 0 Å². The number of nitrogens with zero attached hydrogens (tertiary/aromatic N) is 3. The van der Waals surface area contributed by atoms with Crippen molar-refractivity contribution in [1.29, 1.82) is 5.26 Å². The van der Waals surface area contributed by atoms with E-state index in [4.69, 9.17) is 0 Å². The van der Waals surface area contributed by atoms with Crippen molar-refractivity contribution in [2.24, 2.45) is 0 Å². The Morgan fingerprint density at radius 1 is 0.931 bits per heavy atom. The molecule has 29 heavy (non-hydrogen) atoms. The second-order valence-corrected chi connectivity index (χ2v) is 8.29. The second kappa shape index (κ2) is 9.40. The summed E-state index contributed by atoms with van der Waals surface area (Å²) in [6.07, 6.45) is 0. The van der Waals surface area contributed by atoms with E-state index in [-0.39, 0.29) is 11.8 Å². The lowest BCUT2D eigenvalue weighted by atomic mass is 10.1. The molecule has 146 valence electrons. The minimum Gasteiger partial charge on any atom is -0.280 e. The molecule has 1 amide bonds. The van der Waals surface area contributed by atoms with Gasteiger partial charge in [0.1, 0.15) is 11.1 Å². The summed E-state index contributed by atoms with van der Waals surface area (Å²) in [5.41, 5.74) is 3.01. The first-order valence-corrected chi connectivity index (χ1v) is 10.4. The highest BCUT2D eigenvalue weighted by Crippen LogP contribution is 2.32. The highest BCUT2D eigenvalue weighted by Gasteiger charge is 2.26. The van der Waals surface area contributed by atoms with Gasteiger partial charge < -0.3 is 0 Å². The van der Waals surface area contributed by atoms with Crippen LogP contribution in [0.3, 0.4) is 0 Å². The van der Waals surface area contributed by atoms with E-state index >= 15 is 0 Å². The number of hydrogen-bond acceptors (Lipinski definition) is 4. The lowest BCUT2D eigenvalue weighted by Crippen LogP contribution is -2.32. The fourth-order valence-electron chi connectivity index (χ4n) is 2.91. The number of nitriles is 1. The maximum atomic E-state index is 13.5. The first-order valence-electron chi connectivity index (χ1n) is 9.53. The number of amides is 1. The molecule has 0 bridgehead atoms. The number of para-hydroxylation sites is 2. The summed E-state index contributed by atoms with van der Waals surface area (Å²) < 4.78 is 0. The molecule has 1 atom stereocenters. The summed E-state index contributed by atoms with van der Waals surface area (Å²) >= 11 is 1.33. The minimum atomic E-state index is -0.419. The van der Waals surface area contributed by atoms with Crippen LogP contribution in [-0.2, 0) is 4.79 Å². The molecule has 1 unspecified atom stereocenters. The van der Waals surface area contributed by atoms with Gasteiger partial charge in [0.25, 0.3) is 0 Å². The molecule has 4 nitrogen and oxygen atoms in total. The van der Waals surface area contributed by atoms with Gasteiger partial charge in [-0.3, -0.25) is 9.69 Å². The van der Waals surface area contributed by atoms with E-state index in [1.54, 1.807) is 11.0 Å². The first kappa shape index (κ1) is 20.6. The summed E-state index contributed by atoms with van der Waals surface area (Å²) in [4.78, 5) is 19.8. The van der Waals surface area contributed by atoms with Crippen LogP contribution < -0.4 is 4.90 Å². The van der Waals surface area contributed by atoms with Crippen molar-refractivity contribution in [1.82, 2.24) is 4.98 Å². The fourth-order valence-corrected chi connectivity index (χ4v) is 3.85. The smallest absolute Gasteiger partial charge is 0.244 e. The molecule has 1 aromatic heterocycles. The van der Waals surface area contributed by atoms with Gasteiger partial charge in [-0.2, -0.15) is 5.26 Å². The Bertz CT molecular complexity index is 974. The van der Waals surface area contributed by atoms with Crippen LogP contribution in [-0.4, -0.2) is 16.1 Å². The van der Waals surface area contributed by atoms with Crippen LogP contribution >= 0.6 is 11.8 Å². The minimum absolute atomic E-state index is 0.0620. The van der Waals surface area contributed by atoms with Crippen LogP contribution in [0.1, 0.15) is 37.9 Å². The largest absolute Gasteiger partial charge is 0.280 e. The maximum Gasteiger partial charge on any atom is 0.244 e. The van der Waals surface area contributed by atoms with Gasteiger partial charge in [0.15, 0.2) is 0 Å². The molecule has 0 saturated heterocycles. The summed E-state index contributed by atoms with van der Waals surface area (Å²) in [5.74, 6) is 0.186. The van der Waals surface area contributed by atoms with Crippen molar-refractivity contribution in [2.75, 3.05) is 4.90 Å². The molecule has 1 heterocycles. The quantitative estimate of drug-likeness (QED) is 0.481. The second-order valence-electron chi connectivity index (χ2n) is 6.96. The average Bonchev–Trinajstić information content (AvgIpc) is 2.75. The van der Waals surface area contributed by atoms with Gasteiger partial charge in [0.05, 0.1) is 10.8 Å². The van der Waals surface area contributed by atoms with Gasteiger partial charge >= 0.3 is 0 Å². The average molecular weight is 402 g/mol. The zero-order valence-corrected chi connectivity index (χ0v) is 17.6. The van der Waals surface area contributed by atoms with Crippen LogP contribution in [0.15, 0.2) is 77.8 Å². The molecule has 3 aromatic rings. The number of benzene rings is 2. The predicted molar refractivity (Wildman–Crippen MR) is 118 cm³/mol. The third-order valence-corrected chi connectivity index (χ3v) is 5.57. The van der Waals surface area contributed by atoms with Crippen molar-refractivity contribution in [3.8, 4) is 6.07 Å². The number of carbonyl (C=O) groups excluding carboxylic acids is 1. The standard InChI is InChI=1S/C24H23N3OS/c1-17(2)22-15-14-19(16-25)23(26-22)29-18(3)24(28)27(20-10-6-4-7-11-20)21-12-8-5-9-13-21/h4-15,17-18H,1-3H3. The van der Waals surface area contributed by atoms with E-state index in [1.165, 1.54) is 11.8 Å². The molecule has 0 saturated carbocycles. The van der Waals surface area contributed by atoms with E-state index in [2.05, 4.69) is 24.9 Å². The third kappa shape index (κ3) is 4.85. The van der Waals surface area contributed by atoms with Crippen LogP contribution in [0.2, 0.25) is 0 Å². The van der Waals surface area contributed by atoms with Gasteiger partial charge in [-0.1, -0.05) is 62.0 Å². The summed E-state index contributed by atoms with van der Waals surface area (Å²) in [6, 6.07) is 25.0. The lowest BCUT2D eigenvalue weighted by Gasteiger charge is -2.26. The molecule has 0 aliphatic carbocycles. The van der Waals surface area contributed by atoms with E-state index < -0.39 is 5.25 Å². The van der Waals surface area contributed by atoms with Crippen molar-refractivity contribution >= 4 is 29.0 Å². The number of anilines is 2. The number of hydrogen-bond donors (Lipinski definition) is 0. The van der Waals surface area contributed by atoms with Crippen LogP contribution in [0, 0.1) is 11.3 Å². The highest BCUT2D eigenvalue weighted by molar-refractivity contribution is 8.00. The molecule has 2 aromatic carbocycles. The van der Waals surface area contributed by atoms with Crippen LogP contribution in [0.4, 0.5) is 11.4 Å². The van der Waals surface area contributed by atoms with Gasteiger partial charge in [0, 0.05) is 17.1 Å². The van der Waals surface area contributed by atoms with Crippen molar-refractivity contribution < 1.29 is 4.79 Å². The number of pyridine rings is 1. The molecular weight excluding hydrogens is 378 g/mol. The van der Waals surface area contributed by atoms with Gasteiger partial charge in [0.2, 0.25) is 5.91 Å². The van der Waals surface area contributed by atoms with Gasteiger partial charge in [-0.15, -0.1) is 0 Å². The number of aromatic nitrogens is 1. The Balaban J connectivity index is 1.93. The van der Waals surface area contributed by atoms with Crippen molar-refractivity contribution in [2.45, 2.75) is 37.0 Å². The van der Waals surface area contributed by atoms with E-state index in [9.17, 15) is 10.1 Å². The fraction of sp³-hybridized carbons (Fsp3) is 0.208. The molecular formula is C24H23N3OS. The molecule has 0 N–H and O–H groups in total. The molecule has 0 aliphatic heterocycles. The molecule has 0 spiro atoms. The zero-order valence-electron chi connectivity index (χ0n) is 16.7. The Hall–Kier alpha value is -3.10. The highest BCUT2D eigenvalue weighted by atomic mass is 32.2. The monoisotopic (exact) mass is 401 g/mol. The summed E-state index contributed by atoms with van der Waals surface area (Å²) in [6.45, 7) is 5.98. The lowest BCUT2D eigenvalue weighted by molar-refractivity contribution is -0.117. The number of rotatable bonds is 6. The Morgan fingerprint density at radius 2 is 1.48 bits per heavy atom. The predicted octanol–water partition coefficient (Wildman–Crippen LogP) is 5.92. The molecule has 0 radical (unpaired) electrons. The molecule has 5 heteroatoms. The Labute approximate surface area is 176 Å². The van der Waals surface area contributed by atoms with E-state index in [0.29, 0.717) is 10.6 Å². The van der Waals surface area contributed by atoms with Gasteiger partial charge in [-0.25, -0.2) is 4.98 Å². The summed E-state index contributed by atoms with van der Waals surface area (Å²) in [7, 11) is 0. The van der Waals surface area contributed by atoms with Crippen molar-refractivity contribution in [3.05, 3.63) is 84.1 Å². The van der Waals surface area contributed by atoms with Crippen LogP contribution in [0.5, 0.6) is 0 Å². The number of carbonyl (C=O) groups is 1. The Morgan fingerprint density at radius 3 is 1.97 bits per heavy atom. The number of thioether (sulfide) groups is 1. The molecule has 0 aliphatic rings. The third-order valence-electron chi connectivity index (χ3n) is 4.48. The van der Waals surface area contributed by atoms with E-state index in [0.717, 1.165) is 17.1 Å². The Kier molecular flexibility index (Phi) is 6.69. The maximum absolute atomic E-state index is 13.5. The summed E-state index contributed by atoms with van der Waals surface area (Å²) in [5, 5.41) is 9.64. The molecule has 3 rings (SSSR count). The normalized spacial score (nSPS) is 11.7. The first-order chi connectivity index (χ1) is 14.0. The van der Waals surface area contributed by atoms with E-state index in [1.807, 2.05) is 73.7 Å². The topological polar surface area (TPSA) is 57.0 Å². The zero-order chi connectivity index (χ0) is 20.8. The SMILES string of the molecule is CC(Sc1nc(C(C)C)ccc1C#N)C(=O)N(c1ccccc1)c1ccccc1. The van der Waals surface area contributed by atoms with Crippen LogP contribution in [0.25, 0.3) is 0 Å². The molecule has 0 fully saturated rings.